The van der Waals surface area contributed by atoms with Gasteiger partial charge < -0.3 is 30.1 Å². The zero-order valence-corrected chi connectivity index (χ0v) is 7.15. The van der Waals surface area contributed by atoms with Crippen LogP contribution in [-0.2, 0) is 17.1 Å². The Labute approximate surface area is 73.3 Å². The van der Waals surface area contributed by atoms with E-state index in [1.807, 2.05) is 0 Å². The minimum absolute atomic E-state index is 0. The minimum atomic E-state index is 0. The predicted molar refractivity (Wildman–Crippen MR) is 22.1 cm³/mol. The predicted octanol–water partition coefficient (Wildman–Crippen LogP) is -5.62. The molecule has 8 heavy (non-hydrogen) atoms. The van der Waals surface area contributed by atoms with Crippen molar-refractivity contribution in [3.63, 3.8) is 0 Å². The molecular formula is C4H9Cl2MnN. The van der Waals surface area contributed by atoms with Crippen LogP contribution in [0.5, 0.6) is 0 Å². The summed E-state index contributed by atoms with van der Waals surface area (Å²) in [6, 6.07) is 0. The van der Waals surface area contributed by atoms with Crippen molar-refractivity contribution in [1.82, 2.24) is 5.32 Å². The van der Waals surface area contributed by atoms with E-state index < -0.39 is 0 Å². The van der Waals surface area contributed by atoms with Crippen LogP contribution >= 0.6 is 0 Å². The van der Waals surface area contributed by atoms with Gasteiger partial charge >= 0.3 is 17.1 Å². The van der Waals surface area contributed by atoms with Crippen molar-refractivity contribution in [1.29, 1.82) is 0 Å². The van der Waals surface area contributed by atoms with Crippen LogP contribution in [0.4, 0.5) is 0 Å². The summed E-state index contributed by atoms with van der Waals surface area (Å²) in [7, 11) is 0. The molecule has 1 aliphatic rings. The monoisotopic (exact) mass is 196 g/mol. The quantitative estimate of drug-likeness (QED) is 0.382. The number of hydrogen-bond donors (Lipinski definition) is 1. The molecule has 0 aromatic carbocycles. The van der Waals surface area contributed by atoms with Gasteiger partial charge in [0.15, 0.2) is 0 Å². The van der Waals surface area contributed by atoms with Crippen LogP contribution in [0, 0.1) is 0 Å². The molecule has 1 nitrogen and oxygen atoms in total. The van der Waals surface area contributed by atoms with Crippen molar-refractivity contribution < 1.29 is 41.9 Å². The molecule has 0 aliphatic carbocycles. The summed E-state index contributed by atoms with van der Waals surface area (Å²) in [5.74, 6) is 0. The fourth-order valence-electron chi connectivity index (χ4n) is 0.625. The van der Waals surface area contributed by atoms with Gasteiger partial charge in [0.1, 0.15) is 0 Å². The molecule has 51 valence electrons. The van der Waals surface area contributed by atoms with Gasteiger partial charge in [-0.2, -0.15) is 0 Å². The number of halogens is 2. The normalized spacial score (nSPS) is 15.0. The van der Waals surface area contributed by atoms with Crippen molar-refractivity contribution in [3.05, 3.63) is 0 Å². The maximum Gasteiger partial charge on any atom is 2.00 e. The molecule has 1 fully saturated rings. The molecule has 0 spiro atoms. The average Bonchev–Trinajstić information content (AvgIpc) is 1.76. The van der Waals surface area contributed by atoms with E-state index in [9.17, 15) is 0 Å². The molecule has 0 saturated carbocycles. The molecule has 1 heterocycles. The minimum Gasteiger partial charge on any atom is -1.00 e. The summed E-state index contributed by atoms with van der Waals surface area (Å²) in [4.78, 5) is 0. The zero-order valence-electron chi connectivity index (χ0n) is 4.46. The summed E-state index contributed by atoms with van der Waals surface area (Å²) >= 11 is 0. The first kappa shape index (κ1) is 16.0. The van der Waals surface area contributed by atoms with Gasteiger partial charge in [-0.1, -0.05) is 0 Å². The van der Waals surface area contributed by atoms with E-state index in [0.29, 0.717) is 0 Å². The van der Waals surface area contributed by atoms with Crippen LogP contribution in [0.1, 0.15) is 12.8 Å². The smallest absolute Gasteiger partial charge is 1.00 e. The summed E-state index contributed by atoms with van der Waals surface area (Å²) in [6.45, 7) is 2.50. The summed E-state index contributed by atoms with van der Waals surface area (Å²) in [5.41, 5.74) is 0. The Morgan fingerprint density at radius 3 is 1.38 bits per heavy atom. The molecule has 1 saturated heterocycles. The first-order valence-corrected chi connectivity index (χ1v) is 2.21. The number of nitrogens with one attached hydrogen (secondary N) is 1. The Morgan fingerprint density at radius 1 is 0.875 bits per heavy atom. The second-order valence-electron chi connectivity index (χ2n) is 1.46. The number of hydrogen-bond acceptors (Lipinski definition) is 1. The maximum absolute atomic E-state index is 3.22. The van der Waals surface area contributed by atoms with Crippen LogP contribution in [-0.4, -0.2) is 13.1 Å². The summed E-state index contributed by atoms with van der Waals surface area (Å²) in [5, 5.41) is 3.22. The molecule has 4 heteroatoms. The Bertz CT molecular complexity index is 25.6. The zero-order chi connectivity index (χ0) is 3.54. The Morgan fingerprint density at radius 2 is 1.25 bits per heavy atom. The Balaban J connectivity index is -0.0000000833. The molecule has 0 bridgehead atoms. The molecule has 0 unspecified atom stereocenters. The molecule has 1 radical (unpaired) electrons. The number of rotatable bonds is 0. The van der Waals surface area contributed by atoms with Crippen LogP contribution in [0.25, 0.3) is 0 Å². The van der Waals surface area contributed by atoms with E-state index >= 15 is 0 Å². The van der Waals surface area contributed by atoms with Crippen molar-refractivity contribution >= 4 is 0 Å². The molecule has 1 aliphatic heterocycles. The van der Waals surface area contributed by atoms with Crippen molar-refractivity contribution in [2.45, 2.75) is 12.8 Å². The van der Waals surface area contributed by atoms with Crippen LogP contribution in [0.2, 0.25) is 0 Å². The third-order valence-electron chi connectivity index (χ3n) is 0.957. The van der Waals surface area contributed by atoms with Gasteiger partial charge in [-0.3, -0.25) is 0 Å². The third kappa shape index (κ3) is 7.06. The second kappa shape index (κ2) is 10.9. The van der Waals surface area contributed by atoms with Crippen LogP contribution in [0.3, 0.4) is 0 Å². The van der Waals surface area contributed by atoms with E-state index in [0.717, 1.165) is 0 Å². The molecule has 0 atom stereocenters. The average molecular weight is 197 g/mol. The second-order valence-corrected chi connectivity index (χ2v) is 1.46. The van der Waals surface area contributed by atoms with Gasteiger partial charge in [0.05, 0.1) is 0 Å². The van der Waals surface area contributed by atoms with Crippen molar-refractivity contribution in [2.24, 2.45) is 0 Å². The van der Waals surface area contributed by atoms with Crippen LogP contribution in [0.15, 0.2) is 0 Å². The first-order chi connectivity index (χ1) is 2.50. The van der Waals surface area contributed by atoms with Gasteiger partial charge in [-0.05, 0) is 25.9 Å². The van der Waals surface area contributed by atoms with E-state index in [1.54, 1.807) is 0 Å². The van der Waals surface area contributed by atoms with E-state index in [-0.39, 0.29) is 41.9 Å². The topological polar surface area (TPSA) is 12.0 Å². The molecule has 0 aromatic heterocycles. The SMILES string of the molecule is C1CCNC1.[Cl-].[Cl-].[Mn+2]. The standard InChI is InChI=1S/C4H9N.2ClH.Mn/c1-2-4-5-3-1;;;/h5H,1-4H2;2*1H;/q;;;+2/p-2. The van der Waals surface area contributed by atoms with Gasteiger partial charge in [-0.15, -0.1) is 0 Å². The molecule has 0 amide bonds. The largest absolute Gasteiger partial charge is 2.00 e. The van der Waals surface area contributed by atoms with Crippen molar-refractivity contribution in [3.8, 4) is 0 Å². The Kier molecular flexibility index (Phi) is 21.9. The Hall–Kier alpha value is 1.06. The molecular weight excluding hydrogens is 188 g/mol. The summed E-state index contributed by atoms with van der Waals surface area (Å²) in [6.07, 6.45) is 2.78. The molecule has 0 aromatic rings. The first-order valence-electron chi connectivity index (χ1n) is 2.21. The van der Waals surface area contributed by atoms with E-state index in [4.69, 9.17) is 0 Å². The summed E-state index contributed by atoms with van der Waals surface area (Å²) < 4.78 is 0. The molecule has 1 rings (SSSR count). The van der Waals surface area contributed by atoms with Gasteiger partial charge in [0.25, 0.3) is 0 Å². The van der Waals surface area contributed by atoms with Gasteiger partial charge in [-0.25, -0.2) is 0 Å². The van der Waals surface area contributed by atoms with E-state index in [2.05, 4.69) is 5.32 Å². The molecule has 1 N–H and O–H groups in total. The van der Waals surface area contributed by atoms with Crippen LogP contribution < -0.4 is 30.1 Å². The third-order valence-corrected chi connectivity index (χ3v) is 0.957. The fourth-order valence-corrected chi connectivity index (χ4v) is 0.625. The van der Waals surface area contributed by atoms with Gasteiger partial charge in [0.2, 0.25) is 0 Å². The van der Waals surface area contributed by atoms with Gasteiger partial charge in [0, 0.05) is 0 Å². The maximum atomic E-state index is 3.22. The van der Waals surface area contributed by atoms with Crippen molar-refractivity contribution in [2.75, 3.05) is 13.1 Å². The fraction of sp³-hybridized carbons (Fsp3) is 1.00. The van der Waals surface area contributed by atoms with E-state index in [1.165, 1.54) is 25.9 Å².